The van der Waals surface area contributed by atoms with Crippen LogP contribution in [0, 0.1) is 5.92 Å². The van der Waals surface area contributed by atoms with E-state index in [0.717, 1.165) is 22.2 Å². The number of benzene rings is 2. The number of likely N-dealkylation sites (tertiary alicyclic amines) is 1. The van der Waals surface area contributed by atoms with Gasteiger partial charge in [0.2, 0.25) is 5.91 Å². The summed E-state index contributed by atoms with van der Waals surface area (Å²) in [7, 11) is 0. The first-order chi connectivity index (χ1) is 13.7. The second-order valence-electron chi connectivity index (χ2n) is 6.99. The van der Waals surface area contributed by atoms with E-state index in [1.165, 1.54) is 12.1 Å². The van der Waals surface area contributed by atoms with Gasteiger partial charge in [-0.2, -0.15) is 13.2 Å². The number of hydrogen-bond donors (Lipinski definition) is 1. The van der Waals surface area contributed by atoms with Crippen LogP contribution in [-0.4, -0.2) is 29.8 Å². The Balaban J connectivity index is 1.50. The molecular formula is C21H20BrF3N2O2. The number of amides is 2. The molecule has 0 aliphatic carbocycles. The van der Waals surface area contributed by atoms with Gasteiger partial charge in [0.25, 0.3) is 5.91 Å². The monoisotopic (exact) mass is 468 g/mol. The van der Waals surface area contributed by atoms with Crippen molar-refractivity contribution in [2.75, 3.05) is 13.1 Å². The lowest BCUT2D eigenvalue weighted by molar-refractivity contribution is -0.137. The van der Waals surface area contributed by atoms with Crippen LogP contribution in [0.15, 0.2) is 53.0 Å². The van der Waals surface area contributed by atoms with Crippen molar-refractivity contribution in [1.29, 1.82) is 0 Å². The van der Waals surface area contributed by atoms with Gasteiger partial charge in [-0.3, -0.25) is 9.59 Å². The lowest BCUT2D eigenvalue weighted by Gasteiger charge is -2.31. The summed E-state index contributed by atoms with van der Waals surface area (Å²) in [5.74, 6) is -0.544. The Hall–Kier alpha value is -2.35. The van der Waals surface area contributed by atoms with E-state index in [1.54, 1.807) is 4.90 Å². The van der Waals surface area contributed by atoms with Crippen LogP contribution in [0.3, 0.4) is 0 Å². The van der Waals surface area contributed by atoms with Gasteiger partial charge in [-0.25, -0.2) is 0 Å². The van der Waals surface area contributed by atoms with Gasteiger partial charge >= 0.3 is 6.18 Å². The molecule has 0 radical (unpaired) electrons. The number of halogens is 4. The topological polar surface area (TPSA) is 49.4 Å². The van der Waals surface area contributed by atoms with Gasteiger partial charge < -0.3 is 10.2 Å². The number of carbonyl (C=O) groups excluding carboxylic acids is 2. The minimum absolute atomic E-state index is 0.0494. The first-order valence-corrected chi connectivity index (χ1v) is 10.0. The average Bonchev–Trinajstić information content (AvgIpc) is 2.71. The summed E-state index contributed by atoms with van der Waals surface area (Å²) in [5.41, 5.74) is 0.424. The molecule has 3 rings (SSSR count). The lowest BCUT2D eigenvalue weighted by Crippen LogP contribution is -2.42. The molecule has 4 nitrogen and oxygen atoms in total. The predicted octanol–water partition coefficient (Wildman–Crippen LogP) is 4.64. The smallest absolute Gasteiger partial charge is 0.352 e. The normalized spacial score (nSPS) is 15.2. The van der Waals surface area contributed by atoms with E-state index in [0.29, 0.717) is 32.5 Å². The highest BCUT2D eigenvalue weighted by Crippen LogP contribution is 2.29. The zero-order valence-corrected chi connectivity index (χ0v) is 17.1. The molecule has 29 heavy (non-hydrogen) atoms. The molecule has 0 unspecified atom stereocenters. The van der Waals surface area contributed by atoms with Crippen LogP contribution in [0.5, 0.6) is 0 Å². The standard InChI is InChI=1S/C21H20BrF3N2O2/c22-18-3-1-2-14(12-18)13-26-19(28)15-8-10-27(11-9-15)20(29)16-4-6-17(7-5-16)21(23,24)25/h1-7,12,15H,8-11,13H2,(H,26,28). The van der Waals surface area contributed by atoms with Gasteiger partial charge in [0, 0.05) is 35.6 Å². The molecule has 1 heterocycles. The van der Waals surface area contributed by atoms with Gasteiger partial charge in [0.15, 0.2) is 0 Å². The highest BCUT2D eigenvalue weighted by Gasteiger charge is 2.31. The molecule has 2 aromatic carbocycles. The molecule has 2 amide bonds. The van der Waals surface area contributed by atoms with Crippen LogP contribution in [0.4, 0.5) is 13.2 Å². The molecule has 2 aromatic rings. The second kappa shape index (κ2) is 8.98. The predicted molar refractivity (Wildman–Crippen MR) is 106 cm³/mol. The molecule has 0 spiro atoms. The number of nitrogens with one attached hydrogen (secondary N) is 1. The van der Waals surface area contributed by atoms with Crippen LogP contribution in [0.25, 0.3) is 0 Å². The molecule has 1 fully saturated rings. The zero-order chi connectivity index (χ0) is 21.0. The van der Waals surface area contributed by atoms with E-state index in [1.807, 2.05) is 24.3 Å². The average molecular weight is 469 g/mol. The van der Waals surface area contributed by atoms with Crippen LogP contribution < -0.4 is 5.32 Å². The number of piperidine rings is 1. The number of nitrogens with zero attached hydrogens (tertiary/aromatic N) is 1. The maximum Gasteiger partial charge on any atom is 0.416 e. The SMILES string of the molecule is O=C(NCc1cccc(Br)c1)C1CCN(C(=O)c2ccc(C(F)(F)F)cc2)CC1. The molecule has 1 aliphatic rings. The quantitative estimate of drug-likeness (QED) is 0.710. The van der Waals surface area contributed by atoms with Crippen molar-refractivity contribution in [2.45, 2.75) is 25.6 Å². The van der Waals surface area contributed by atoms with Crippen molar-refractivity contribution in [1.82, 2.24) is 10.2 Å². The summed E-state index contributed by atoms with van der Waals surface area (Å²) in [6, 6.07) is 11.9. The third-order valence-electron chi connectivity index (χ3n) is 4.97. The van der Waals surface area contributed by atoms with Gasteiger partial charge in [0.05, 0.1) is 5.56 Å². The molecule has 0 bridgehead atoms. The number of alkyl halides is 3. The Labute approximate surface area is 175 Å². The van der Waals surface area contributed by atoms with Crippen molar-refractivity contribution in [3.05, 3.63) is 69.7 Å². The third-order valence-corrected chi connectivity index (χ3v) is 5.46. The van der Waals surface area contributed by atoms with Crippen molar-refractivity contribution in [3.8, 4) is 0 Å². The summed E-state index contributed by atoms with van der Waals surface area (Å²) in [4.78, 5) is 26.5. The van der Waals surface area contributed by atoms with Gasteiger partial charge in [-0.1, -0.05) is 28.1 Å². The van der Waals surface area contributed by atoms with E-state index < -0.39 is 11.7 Å². The summed E-state index contributed by atoms with van der Waals surface area (Å²) < 4.78 is 38.9. The minimum Gasteiger partial charge on any atom is -0.352 e. The molecular weight excluding hydrogens is 449 g/mol. The van der Waals surface area contributed by atoms with Crippen LogP contribution in [0.1, 0.15) is 34.3 Å². The Morgan fingerprint density at radius 1 is 1.07 bits per heavy atom. The highest BCUT2D eigenvalue weighted by atomic mass is 79.9. The first kappa shape index (κ1) is 21.4. The molecule has 8 heteroatoms. The summed E-state index contributed by atoms with van der Waals surface area (Å²) in [6.07, 6.45) is -3.38. The van der Waals surface area contributed by atoms with Crippen molar-refractivity contribution in [2.24, 2.45) is 5.92 Å². The number of carbonyl (C=O) groups is 2. The molecule has 0 aromatic heterocycles. The molecule has 154 valence electrons. The Bertz CT molecular complexity index is 876. The van der Waals surface area contributed by atoms with Crippen LogP contribution in [-0.2, 0) is 17.5 Å². The maximum absolute atomic E-state index is 12.6. The zero-order valence-electron chi connectivity index (χ0n) is 15.5. The van der Waals surface area contributed by atoms with E-state index in [2.05, 4.69) is 21.2 Å². The minimum atomic E-state index is -4.43. The lowest BCUT2D eigenvalue weighted by atomic mass is 9.95. The Morgan fingerprint density at radius 3 is 2.31 bits per heavy atom. The Kier molecular flexibility index (Phi) is 6.62. The van der Waals surface area contributed by atoms with Gasteiger partial charge in [0.1, 0.15) is 0 Å². The third kappa shape index (κ3) is 5.59. The van der Waals surface area contributed by atoms with Crippen molar-refractivity contribution >= 4 is 27.7 Å². The van der Waals surface area contributed by atoms with Crippen LogP contribution in [0.2, 0.25) is 0 Å². The molecule has 1 aliphatic heterocycles. The molecule has 1 saturated heterocycles. The largest absolute Gasteiger partial charge is 0.416 e. The van der Waals surface area contributed by atoms with E-state index in [-0.39, 0.29) is 23.3 Å². The summed E-state index contributed by atoms with van der Waals surface area (Å²) >= 11 is 3.39. The maximum atomic E-state index is 12.6. The van der Waals surface area contributed by atoms with Gasteiger partial charge in [-0.05, 0) is 54.8 Å². The second-order valence-corrected chi connectivity index (χ2v) is 7.90. The van der Waals surface area contributed by atoms with Crippen molar-refractivity contribution in [3.63, 3.8) is 0 Å². The van der Waals surface area contributed by atoms with Gasteiger partial charge in [-0.15, -0.1) is 0 Å². The summed E-state index contributed by atoms with van der Waals surface area (Å²) in [5, 5.41) is 2.92. The fraction of sp³-hybridized carbons (Fsp3) is 0.333. The fourth-order valence-electron chi connectivity index (χ4n) is 3.31. The van der Waals surface area contributed by atoms with E-state index in [9.17, 15) is 22.8 Å². The molecule has 0 saturated carbocycles. The van der Waals surface area contributed by atoms with E-state index >= 15 is 0 Å². The summed E-state index contributed by atoms with van der Waals surface area (Å²) in [6.45, 7) is 1.23. The highest BCUT2D eigenvalue weighted by molar-refractivity contribution is 9.10. The Morgan fingerprint density at radius 2 is 1.72 bits per heavy atom. The number of rotatable bonds is 4. The number of hydrogen-bond acceptors (Lipinski definition) is 2. The first-order valence-electron chi connectivity index (χ1n) is 9.23. The van der Waals surface area contributed by atoms with E-state index in [4.69, 9.17) is 0 Å². The molecule has 0 atom stereocenters. The van der Waals surface area contributed by atoms with Crippen molar-refractivity contribution < 1.29 is 22.8 Å². The molecule has 1 N–H and O–H groups in total. The van der Waals surface area contributed by atoms with Crippen LogP contribution >= 0.6 is 15.9 Å². The fourth-order valence-corrected chi connectivity index (χ4v) is 3.76.